The third-order valence-electron chi connectivity index (χ3n) is 26.6. The first-order valence-corrected chi connectivity index (χ1v) is 42.0. The normalized spacial score (nSPS) is 44.8. The summed E-state index contributed by atoms with van der Waals surface area (Å²) in [6, 6.07) is 0. The van der Waals surface area contributed by atoms with Crippen LogP contribution in [-0.4, -0.2) is 36.7 Å². The van der Waals surface area contributed by atoms with Crippen molar-refractivity contribution in [3.8, 4) is 0 Å². The van der Waals surface area contributed by atoms with Gasteiger partial charge in [-0.25, -0.2) is 0 Å². The number of nitrogens with one attached hydrogen (secondary N) is 2. The second kappa shape index (κ2) is 18.3. The van der Waals surface area contributed by atoms with Crippen LogP contribution in [0, 0.1) is 89.7 Å². The molecule has 0 aliphatic heterocycles. The number of hydrogen-bond donors (Lipinski definition) is 5. The molecule has 2 aromatic heterocycles. The van der Waals surface area contributed by atoms with E-state index in [0.717, 1.165) is 89.9 Å². The molecular formula is C62H93ClI3N6O3-. The number of nitrogen functional groups attached to an aromatic ring is 2. The quantitative estimate of drug-likeness (QED) is 0.113. The Bertz CT molecular complexity index is 2540. The van der Waals surface area contributed by atoms with Crippen molar-refractivity contribution in [3.05, 3.63) is 45.8 Å². The standard InChI is InChI=1S/C31H46ClN3O.C31H47N3O2.I3/c1-26(2)12-14-31(25(32)36)15-13-29(6)19(20(31)17-26)8-9-22-28(5)16-18-23(34-35-24(18)33)27(3,4)21(28)10-11-30(22,29)7;1-26(2)12-14-31(25(35)36)15-13-29(6)19(20(31)17-26)8-9-22-28(5)16-18-23(33-34-24(18)32)27(3,4)21(28)10-11-30(22,29)7;1-3-2/h8,20-22H,9-17H2,1-7H3,(H3,33,34,35);8,20-22H,9-17H2,1-7H3,(H,35,36)(H3,32,33,34);/q;;-1/t2*20?,21?,22?,28-,29+,30+,31-;/m00./s1. The molecule has 6 saturated carbocycles. The van der Waals surface area contributed by atoms with Crippen LogP contribution in [0.2, 0.25) is 0 Å². The molecule has 2 aromatic rings. The number of aromatic nitrogens is 4. The molecule has 0 aromatic carbocycles. The van der Waals surface area contributed by atoms with Gasteiger partial charge < -0.3 is 16.6 Å². The van der Waals surface area contributed by atoms with E-state index in [-0.39, 0.29) is 76.6 Å². The topological polar surface area (TPSA) is 164 Å². The molecule has 14 atom stereocenters. The van der Waals surface area contributed by atoms with Gasteiger partial charge in [-0.1, -0.05) is 120 Å². The van der Waals surface area contributed by atoms with Crippen LogP contribution in [-0.2, 0) is 33.3 Å². The number of halogens is 4. The van der Waals surface area contributed by atoms with Gasteiger partial charge in [-0.05, 0) is 206 Å². The number of carboxylic acid groups (broad SMARTS) is 1. The first-order chi connectivity index (χ1) is 34.7. The van der Waals surface area contributed by atoms with Crippen molar-refractivity contribution in [1.29, 1.82) is 0 Å². The second-order valence-corrected chi connectivity index (χ2v) is 47.7. The average molecular weight is 1390 g/mol. The summed E-state index contributed by atoms with van der Waals surface area (Å²) in [5, 5.41) is 26.0. The van der Waals surface area contributed by atoms with Crippen molar-refractivity contribution in [3.63, 3.8) is 0 Å². The predicted molar refractivity (Wildman–Crippen MR) is 318 cm³/mol. The van der Waals surface area contributed by atoms with Gasteiger partial charge in [0.25, 0.3) is 0 Å². The summed E-state index contributed by atoms with van der Waals surface area (Å²) in [5.41, 5.74) is 21.3. The molecule has 13 heteroatoms. The van der Waals surface area contributed by atoms with E-state index in [0.29, 0.717) is 48.6 Å². The number of rotatable bonds is 2. The van der Waals surface area contributed by atoms with E-state index in [1.54, 1.807) is 5.57 Å². The first-order valence-electron chi connectivity index (χ1n) is 29.0. The zero-order valence-electron chi connectivity index (χ0n) is 48.2. The van der Waals surface area contributed by atoms with Crippen molar-refractivity contribution >= 4 is 71.7 Å². The summed E-state index contributed by atoms with van der Waals surface area (Å²) in [4.78, 5) is 25.9. The number of H-pyrrole nitrogens is 2. The van der Waals surface area contributed by atoms with Crippen LogP contribution >= 0.6 is 48.8 Å². The van der Waals surface area contributed by atoms with Crippen LogP contribution in [0.5, 0.6) is 0 Å². The molecule has 0 amide bonds. The number of hydrogen-bond acceptors (Lipinski definition) is 6. The number of aromatic amines is 2. The molecule has 7 N–H and O–H groups in total. The van der Waals surface area contributed by atoms with Gasteiger partial charge in [-0.15, -0.1) is 0 Å². The molecule has 0 saturated heterocycles. The van der Waals surface area contributed by atoms with Gasteiger partial charge >= 0.3 is 56.5 Å². The number of fused-ring (bicyclic) bond motifs is 16. The molecule has 0 radical (unpaired) electrons. The van der Waals surface area contributed by atoms with Crippen LogP contribution in [0.4, 0.5) is 11.6 Å². The third-order valence-corrected chi connectivity index (χ3v) is 26.9. The van der Waals surface area contributed by atoms with Gasteiger partial charge in [0.15, 0.2) is 0 Å². The fraction of sp³-hybridized carbons (Fsp3) is 0.806. The fourth-order valence-electron chi connectivity index (χ4n) is 22.1. The number of anilines is 2. The van der Waals surface area contributed by atoms with Crippen LogP contribution in [0.1, 0.15) is 222 Å². The Labute approximate surface area is 485 Å². The van der Waals surface area contributed by atoms with Crippen molar-refractivity contribution < 1.29 is 28.0 Å². The molecule has 12 rings (SSSR count). The minimum atomic E-state index is -0.571. The van der Waals surface area contributed by atoms with E-state index in [2.05, 4.69) is 167 Å². The molecule has 0 spiro atoms. The summed E-state index contributed by atoms with van der Waals surface area (Å²) >= 11 is 11.8. The van der Waals surface area contributed by atoms with E-state index in [4.69, 9.17) is 23.1 Å². The van der Waals surface area contributed by atoms with Gasteiger partial charge in [0.2, 0.25) is 5.24 Å². The molecule has 6 fully saturated rings. The summed E-state index contributed by atoms with van der Waals surface area (Å²) < 4.78 is 0. The van der Waals surface area contributed by atoms with Crippen LogP contribution < -0.4 is 24.7 Å². The van der Waals surface area contributed by atoms with Crippen molar-refractivity contribution in [2.24, 2.45) is 89.7 Å². The maximum atomic E-state index is 13.1. The van der Waals surface area contributed by atoms with Gasteiger partial charge in [0, 0.05) is 33.3 Å². The molecule has 418 valence electrons. The monoisotopic (exact) mass is 1390 g/mol. The molecule has 10 aliphatic rings. The summed E-state index contributed by atoms with van der Waals surface area (Å²) in [7, 11) is 0. The second-order valence-electron chi connectivity index (χ2n) is 31.1. The van der Waals surface area contributed by atoms with E-state index >= 15 is 0 Å². The Morgan fingerprint density at radius 3 is 1.33 bits per heavy atom. The average Bonchev–Trinajstić information content (AvgIpc) is 3.87. The summed E-state index contributed by atoms with van der Waals surface area (Å²) in [5.74, 6) is 3.56. The van der Waals surface area contributed by atoms with Crippen molar-refractivity contribution in [1.82, 2.24) is 20.4 Å². The van der Waals surface area contributed by atoms with Gasteiger partial charge in [0.05, 0.1) is 10.8 Å². The first kappa shape index (κ1) is 57.4. The molecular weight excluding hydrogens is 1290 g/mol. The molecule has 2 heterocycles. The molecule has 6 unspecified atom stereocenters. The number of aliphatic carboxylic acids is 1. The number of nitrogens with two attached hydrogens (primary N) is 2. The minimum absolute atomic E-state index is 0.0115. The molecule has 75 heavy (non-hydrogen) atoms. The number of allylic oxidation sites excluding steroid dienone is 4. The Balaban J connectivity index is 0.000000163. The SMILES string of the molecule is CC1(C)CC[C@]2(C(=O)Cl)CC[C@]3(C)C(=CCC4[C@@]5(C)Cc6c(N)n[nH]c6C(C)(C)C5CC[C@]43C)C2C1.CC1(C)CC[C@]2(C(=O)O)CC[C@]3(C)C(=CCC4[C@@]5(C)Cc6c(N)n[nH]c6C(C)(C)C5CC[C@]43C)C2C1.I[I-]I. The van der Waals surface area contributed by atoms with Gasteiger partial charge in [0.1, 0.15) is 11.6 Å². The predicted octanol–water partition coefficient (Wildman–Crippen LogP) is 13.2. The Kier molecular flexibility index (Phi) is 14.0. The number of carboxylic acids is 1. The number of carbonyl (C=O) groups excluding carboxylic acids is 1. The Morgan fingerprint density at radius 1 is 0.587 bits per heavy atom. The van der Waals surface area contributed by atoms with Gasteiger partial charge in [-0.3, -0.25) is 19.8 Å². The fourth-order valence-corrected chi connectivity index (χ4v) is 22.4. The van der Waals surface area contributed by atoms with Gasteiger partial charge in [-0.2, -0.15) is 10.2 Å². The van der Waals surface area contributed by atoms with Crippen molar-refractivity contribution in [2.45, 2.75) is 223 Å². The van der Waals surface area contributed by atoms with E-state index in [1.807, 2.05) is 0 Å². The third kappa shape index (κ3) is 7.85. The molecule has 9 nitrogen and oxygen atoms in total. The van der Waals surface area contributed by atoms with Crippen LogP contribution in [0.25, 0.3) is 0 Å². The molecule has 10 aliphatic carbocycles. The van der Waals surface area contributed by atoms with Crippen LogP contribution in [0.3, 0.4) is 0 Å². The number of carbonyl (C=O) groups is 2. The summed E-state index contributed by atoms with van der Waals surface area (Å²) in [6.07, 6.45) is 24.0. The van der Waals surface area contributed by atoms with E-state index in [1.165, 1.54) is 53.8 Å². The van der Waals surface area contributed by atoms with E-state index < -0.39 is 11.4 Å². The van der Waals surface area contributed by atoms with E-state index in [9.17, 15) is 14.7 Å². The van der Waals surface area contributed by atoms with Crippen molar-refractivity contribution in [2.75, 3.05) is 11.5 Å². The Hall–Kier alpha value is -0.880. The zero-order chi connectivity index (χ0) is 54.9. The maximum absolute atomic E-state index is 13.1. The Morgan fingerprint density at radius 2 is 0.947 bits per heavy atom. The number of nitrogens with zero attached hydrogens (tertiary/aromatic N) is 2. The zero-order valence-corrected chi connectivity index (χ0v) is 55.4. The summed E-state index contributed by atoms with van der Waals surface area (Å²) in [6.45, 7) is 34.5. The molecule has 0 bridgehead atoms. The van der Waals surface area contributed by atoms with Crippen LogP contribution in [0.15, 0.2) is 23.3 Å².